The Morgan fingerprint density at radius 3 is 2.80 bits per heavy atom. The molecule has 5 heteroatoms. The third kappa shape index (κ3) is 2.08. The van der Waals surface area contributed by atoms with Crippen molar-refractivity contribution < 1.29 is 0 Å². The lowest BCUT2D eigenvalue weighted by Crippen LogP contribution is -1.95. The summed E-state index contributed by atoms with van der Waals surface area (Å²) in [5.41, 5.74) is 1.69. The van der Waals surface area contributed by atoms with Crippen LogP contribution in [0.5, 0.6) is 0 Å². The molecule has 0 saturated carbocycles. The van der Waals surface area contributed by atoms with Crippen molar-refractivity contribution in [3.8, 4) is 5.69 Å². The molecule has 1 aromatic heterocycles. The molecule has 0 unspecified atom stereocenters. The van der Waals surface area contributed by atoms with E-state index in [0.29, 0.717) is 10.0 Å². The van der Waals surface area contributed by atoms with Gasteiger partial charge in [0, 0.05) is 12.1 Å². The van der Waals surface area contributed by atoms with Crippen molar-refractivity contribution in [2.45, 2.75) is 0 Å². The van der Waals surface area contributed by atoms with Gasteiger partial charge in [0.25, 0.3) is 0 Å². The summed E-state index contributed by atoms with van der Waals surface area (Å²) in [6.07, 6.45) is 3.56. The average Bonchev–Trinajstić information content (AvgIpc) is 2.70. The van der Waals surface area contributed by atoms with Gasteiger partial charge in [-0.2, -0.15) is 5.10 Å². The van der Waals surface area contributed by atoms with Gasteiger partial charge in [-0.3, -0.25) is 0 Å². The summed E-state index contributed by atoms with van der Waals surface area (Å²) in [7, 11) is 1.83. The predicted octanol–water partition coefficient (Wildman–Crippen LogP) is 3.22. The van der Waals surface area contributed by atoms with Crippen LogP contribution in [0.15, 0.2) is 30.6 Å². The van der Waals surface area contributed by atoms with Crippen LogP contribution in [-0.4, -0.2) is 16.8 Å². The Bertz CT molecular complexity index is 479. The van der Waals surface area contributed by atoms with Crippen LogP contribution in [0, 0.1) is 0 Å². The van der Waals surface area contributed by atoms with Gasteiger partial charge in [0.2, 0.25) is 0 Å². The molecule has 2 aromatic rings. The second kappa shape index (κ2) is 4.13. The van der Waals surface area contributed by atoms with Gasteiger partial charge in [-0.05, 0) is 18.2 Å². The van der Waals surface area contributed by atoms with Gasteiger partial charge >= 0.3 is 0 Å². The zero-order valence-corrected chi connectivity index (χ0v) is 9.55. The fourth-order valence-electron chi connectivity index (χ4n) is 1.25. The number of hydrogen-bond acceptors (Lipinski definition) is 2. The first-order valence-electron chi connectivity index (χ1n) is 4.38. The smallest absolute Gasteiger partial charge is 0.0847 e. The molecule has 1 aromatic carbocycles. The lowest BCUT2D eigenvalue weighted by Gasteiger charge is -2.04. The van der Waals surface area contributed by atoms with Gasteiger partial charge in [0.1, 0.15) is 0 Å². The number of benzene rings is 1. The van der Waals surface area contributed by atoms with Crippen molar-refractivity contribution >= 4 is 28.9 Å². The van der Waals surface area contributed by atoms with Crippen molar-refractivity contribution in [2.24, 2.45) is 0 Å². The highest BCUT2D eigenvalue weighted by Crippen LogP contribution is 2.24. The van der Waals surface area contributed by atoms with E-state index in [2.05, 4.69) is 10.4 Å². The maximum atomic E-state index is 6.04. The maximum absolute atomic E-state index is 6.04. The quantitative estimate of drug-likeness (QED) is 0.876. The standard InChI is InChI=1S/C10H9Cl2N3/c1-13-8-5-14-15(6-8)10-4-7(11)2-3-9(10)12/h2-6,13H,1H3. The first kappa shape index (κ1) is 10.3. The molecular formula is C10H9Cl2N3. The summed E-state index contributed by atoms with van der Waals surface area (Å²) in [6, 6.07) is 5.27. The Kier molecular flexibility index (Phi) is 2.84. The summed E-state index contributed by atoms with van der Waals surface area (Å²) in [6.45, 7) is 0. The number of halogens is 2. The summed E-state index contributed by atoms with van der Waals surface area (Å²) >= 11 is 11.9. The molecule has 3 nitrogen and oxygen atoms in total. The number of rotatable bonds is 2. The van der Waals surface area contributed by atoms with Gasteiger partial charge < -0.3 is 5.32 Å². The van der Waals surface area contributed by atoms with Crippen LogP contribution in [0.1, 0.15) is 0 Å². The lowest BCUT2D eigenvalue weighted by atomic mass is 10.3. The molecule has 0 aliphatic carbocycles. The van der Waals surface area contributed by atoms with Crippen LogP contribution in [0.2, 0.25) is 10.0 Å². The molecule has 78 valence electrons. The topological polar surface area (TPSA) is 29.9 Å². The minimum atomic E-state index is 0.616. The number of hydrogen-bond donors (Lipinski definition) is 1. The summed E-state index contributed by atoms with van der Waals surface area (Å²) in [5, 5.41) is 8.41. The Morgan fingerprint density at radius 2 is 2.13 bits per heavy atom. The van der Waals surface area contributed by atoms with E-state index in [0.717, 1.165) is 11.4 Å². The Hall–Kier alpha value is -1.19. The molecule has 0 amide bonds. The van der Waals surface area contributed by atoms with Crippen LogP contribution < -0.4 is 5.32 Å². The first-order chi connectivity index (χ1) is 7.20. The van der Waals surface area contributed by atoms with Crippen LogP contribution >= 0.6 is 23.2 Å². The highest BCUT2D eigenvalue weighted by atomic mass is 35.5. The SMILES string of the molecule is CNc1cnn(-c2cc(Cl)ccc2Cl)c1. The summed E-state index contributed by atoms with van der Waals surface area (Å²) < 4.78 is 1.68. The molecule has 0 radical (unpaired) electrons. The summed E-state index contributed by atoms with van der Waals surface area (Å²) in [5.74, 6) is 0. The second-order valence-corrected chi connectivity index (χ2v) is 3.86. The summed E-state index contributed by atoms with van der Waals surface area (Å²) in [4.78, 5) is 0. The predicted molar refractivity (Wildman–Crippen MR) is 63.1 cm³/mol. The maximum Gasteiger partial charge on any atom is 0.0847 e. The molecule has 15 heavy (non-hydrogen) atoms. The molecule has 0 saturated heterocycles. The number of anilines is 1. The van der Waals surface area contributed by atoms with E-state index in [1.165, 1.54) is 0 Å². The lowest BCUT2D eigenvalue weighted by molar-refractivity contribution is 0.881. The zero-order valence-electron chi connectivity index (χ0n) is 8.04. The van der Waals surface area contributed by atoms with Crippen LogP contribution in [0.4, 0.5) is 5.69 Å². The number of aromatic nitrogens is 2. The van der Waals surface area contributed by atoms with Crippen molar-refractivity contribution in [3.63, 3.8) is 0 Å². The van der Waals surface area contributed by atoms with E-state index >= 15 is 0 Å². The van der Waals surface area contributed by atoms with Crippen molar-refractivity contribution in [1.82, 2.24) is 9.78 Å². The minimum Gasteiger partial charge on any atom is -0.386 e. The minimum absolute atomic E-state index is 0.616. The van der Waals surface area contributed by atoms with E-state index in [4.69, 9.17) is 23.2 Å². The molecule has 0 bridgehead atoms. The molecule has 2 rings (SSSR count). The van der Waals surface area contributed by atoms with Crippen molar-refractivity contribution in [1.29, 1.82) is 0 Å². The fourth-order valence-corrected chi connectivity index (χ4v) is 1.62. The molecule has 1 N–H and O–H groups in total. The average molecular weight is 242 g/mol. The van der Waals surface area contributed by atoms with Gasteiger partial charge in [0.15, 0.2) is 0 Å². The third-order valence-electron chi connectivity index (χ3n) is 2.03. The fraction of sp³-hybridized carbons (Fsp3) is 0.100. The Balaban J connectivity index is 2.48. The van der Waals surface area contributed by atoms with Crippen LogP contribution in [0.25, 0.3) is 5.69 Å². The van der Waals surface area contributed by atoms with Gasteiger partial charge in [-0.15, -0.1) is 0 Å². The first-order valence-corrected chi connectivity index (χ1v) is 5.14. The Labute approximate surface area is 97.6 Å². The van der Waals surface area contributed by atoms with E-state index in [-0.39, 0.29) is 0 Å². The van der Waals surface area contributed by atoms with Gasteiger partial charge in [-0.25, -0.2) is 4.68 Å². The molecule has 0 aliphatic heterocycles. The van der Waals surface area contributed by atoms with E-state index in [9.17, 15) is 0 Å². The van der Waals surface area contributed by atoms with Crippen molar-refractivity contribution in [2.75, 3.05) is 12.4 Å². The molecule has 1 heterocycles. The molecule has 0 spiro atoms. The molecule has 0 aliphatic rings. The van der Waals surface area contributed by atoms with Gasteiger partial charge in [-0.1, -0.05) is 23.2 Å². The third-order valence-corrected chi connectivity index (χ3v) is 2.58. The van der Waals surface area contributed by atoms with E-state index in [1.54, 1.807) is 29.1 Å². The zero-order chi connectivity index (χ0) is 10.8. The molecule has 0 atom stereocenters. The number of nitrogens with one attached hydrogen (secondary N) is 1. The normalized spacial score (nSPS) is 10.3. The van der Waals surface area contributed by atoms with Crippen molar-refractivity contribution in [3.05, 3.63) is 40.6 Å². The highest BCUT2D eigenvalue weighted by Gasteiger charge is 2.05. The molecule has 0 fully saturated rings. The van der Waals surface area contributed by atoms with E-state index in [1.807, 2.05) is 13.2 Å². The Morgan fingerprint density at radius 1 is 1.33 bits per heavy atom. The van der Waals surface area contributed by atoms with Gasteiger partial charge in [0.05, 0.1) is 28.8 Å². The monoisotopic (exact) mass is 241 g/mol. The van der Waals surface area contributed by atoms with Crippen LogP contribution in [0.3, 0.4) is 0 Å². The number of nitrogens with zero attached hydrogens (tertiary/aromatic N) is 2. The van der Waals surface area contributed by atoms with Crippen LogP contribution in [-0.2, 0) is 0 Å². The second-order valence-electron chi connectivity index (χ2n) is 3.02. The molecular weight excluding hydrogens is 233 g/mol. The largest absolute Gasteiger partial charge is 0.386 e. The highest BCUT2D eigenvalue weighted by molar-refractivity contribution is 6.34. The van der Waals surface area contributed by atoms with E-state index < -0.39 is 0 Å².